The molecule has 1 unspecified atom stereocenters. The SMILES string of the molecule is CCCCc1ccc(-c2ccc(C(=O)N[C@H](CO)C(=O)C[C@H](C)C(=O)N3CCC[C@H]3C(=O)N[C@H](C(=O)C[C@@H](C)C(=O)N[C@@H](CC(N)=O)C(=O)NCB(O)O)C(C)O)cc2)cc1. The summed E-state index contributed by atoms with van der Waals surface area (Å²) >= 11 is 0. The van der Waals surface area contributed by atoms with Crippen LogP contribution in [0.3, 0.4) is 0 Å². The minimum Gasteiger partial charge on any atom is -0.426 e. The molecule has 6 amide bonds. The molecule has 0 spiro atoms. The molecule has 0 aromatic heterocycles. The molecule has 0 radical (unpaired) electrons. The average Bonchev–Trinajstić information content (AvgIpc) is 3.72. The Morgan fingerprint density at radius 2 is 1.41 bits per heavy atom. The van der Waals surface area contributed by atoms with Gasteiger partial charge in [-0.15, -0.1) is 0 Å². The molecule has 10 N–H and O–H groups in total. The van der Waals surface area contributed by atoms with Crippen LogP contribution in [0.25, 0.3) is 11.1 Å². The van der Waals surface area contributed by atoms with E-state index in [9.17, 15) is 48.6 Å². The van der Waals surface area contributed by atoms with Gasteiger partial charge >= 0.3 is 7.12 Å². The molecule has 2 aromatic carbocycles. The van der Waals surface area contributed by atoms with Crippen molar-refractivity contribution in [2.24, 2.45) is 17.6 Å². The van der Waals surface area contributed by atoms with Gasteiger partial charge in [0.15, 0.2) is 11.6 Å². The molecule has 7 atom stereocenters. The third-order valence-electron chi connectivity index (χ3n) is 10.5. The second-order valence-corrected chi connectivity index (χ2v) is 15.6. The first-order valence-corrected chi connectivity index (χ1v) is 20.5. The number of aryl methyl sites for hydroxylation is 1. The molecular formula is C42H59BN6O12. The number of aliphatic hydroxyl groups is 2. The van der Waals surface area contributed by atoms with E-state index in [0.29, 0.717) is 6.42 Å². The summed E-state index contributed by atoms with van der Waals surface area (Å²) in [5, 5.41) is 47.9. The van der Waals surface area contributed by atoms with E-state index in [4.69, 9.17) is 15.8 Å². The summed E-state index contributed by atoms with van der Waals surface area (Å²) < 4.78 is 0. The molecule has 1 aliphatic rings. The summed E-state index contributed by atoms with van der Waals surface area (Å²) in [6, 6.07) is 9.68. The van der Waals surface area contributed by atoms with E-state index in [2.05, 4.69) is 40.3 Å². The van der Waals surface area contributed by atoms with E-state index >= 15 is 0 Å². The van der Waals surface area contributed by atoms with Crippen LogP contribution in [0.15, 0.2) is 48.5 Å². The Morgan fingerprint density at radius 1 is 0.803 bits per heavy atom. The lowest BCUT2D eigenvalue weighted by Gasteiger charge is -2.29. The van der Waals surface area contributed by atoms with E-state index in [1.165, 1.54) is 31.2 Å². The highest BCUT2D eigenvalue weighted by Gasteiger charge is 2.39. The van der Waals surface area contributed by atoms with Crippen LogP contribution in [0.2, 0.25) is 0 Å². The number of carbonyl (C=O) groups is 8. The van der Waals surface area contributed by atoms with Gasteiger partial charge < -0.3 is 52.2 Å². The lowest BCUT2D eigenvalue weighted by Crippen LogP contribution is -2.55. The topological polar surface area (TPSA) is 295 Å². The Bertz CT molecular complexity index is 1860. The lowest BCUT2D eigenvalue weighted by molar-refractivity contribution is -0.143. The molecule has 1 heterocycles. The van der Waals surface area contributed by atoms with E-state index in [-0.39, 0.29) is 24.9 Å². The van der Waals surface area contributed by atoms with Crippen molar-refractivity contribution in [2.45, 2.75) is 109 Å². The predicted molar refractivity (Wildman–Crippen MR) is 224 cm³/mol. The average molecular weight is 851 g/mol. The summed E-state index contributed by atoms with van der Waals surface area (Å²) in [6.45, 7) is 5.67. The Kier molecular flexibility index (Phi) is 19.7. The minimum atomic E-state index is -1.90. The summed E-state index contributed by atoms with van der Waals surface area (Å²) in [6.07, 6.45) is 0.335. The molecule has 18 nitrogen and oxygen atoms in total. The van der Waals surface area contributed by atoms with Crippen LogP contribution >= 0.6 is 0 Å². The maximum absolute atomic E-state index is 13.6. The van der Waals surface area contributed by atoms with Gasteiger partial charge in [0.2, 0.25) is 29.5 Å². The van der Waals surface area contributed by atoms with E-state index in [0.717, 1.165) is 30.4 Å². The Morgan fingerprint density at radius 3 is 1.97 bits per heavy atom. The second-order valence-electron chi connectivity index (χ2n) is 15.6. The van der Waals surface area contributed by atoms with Crippen LogP contribution in [0, 0.1) is 11.8 Å². The molecule has 1 aliphatic heterocycles. The first kappa shape index (κ1) is 49.9. The van der Waals surface area contributed by atoms with Crippen molar-refractivity contribution in [2.75, 3.05) is 19.6 Å². The Labute approximate surface area is 355 Å². The van der Waals surface area contributed by atoms with Crippen LogP contribution in [0.1, 0.15) is 88.6 Å². The lowest BCUT2D eigenvalue weighted by atomic mass is 9.92. The highest BCUT2D eigenvalue weighted by molar-refractivity contribution is 6.41. The molecular weight excluding hydrogens is 791 g/mol. The molecule has 1 fully saturated rings. The summed E-state index contributed by atoms with van der Waals surface area (Å²) in [5.41, 5.74) is 8.59. The van der Waals surface area contributed by atoms with Crippen LogP contribution in [-0.2, 0) is 40.0 Å². The van der Waals surface area contributed by atoms with Crippen LogP contribution in [0.5, 0.6) is 0 Å². The van der Waals surface area contributed by atoms with Gasteiger partial charge in [-0.25, -0.2) is 0 Å². The fraction of sp³-hybridized carbons (Fsp3) is 0.524. The van der Waals surface area contributed by atoms with Gasteiger partial charge in [0, 0.05) is 36.8 Å². The molecule has 0 bridgehead atoms. The van der Waals surface area contributed by atoms with E-state index in [1.807, 2.05) is 12.1 Å². The number of benzene rings is 2. The number of hydrogen-bond donors (Lipinski definition) is 9. The number of nitrogens with zero attached hydrogens (tertiary/aromatic N) is 1. The third kappa shape index (κ3) is 15.2. The molecule has 0 saturated carbocycles. The number of carbonyl (C=O) groups excluding carboxylic acids is 8. The number of nitrogens with one attached hydrogen (secondary N) is 4. The van der Waals surface area contributed by atoms with Gasteiger partial charge in [0.1, 0.15) is 24.2 Å². The van der Waals surface area contributed by atoms with Crippen LogP contribution < -0.4 is 27.0 Å². The summed E-state index contributed by atoms with van der Waals surface area (Å²) in [5.74, 6) is -8.03. The number of hydrogen-bond acceptors (Lipinski definition) is 12. The standard InChI is InChI=1S/C42H59BN6O12/c1-5-6-8-27-10-12-28(13-11-27)29-14-16-30(17-15-29)39(56)47-32(22-50)34(52)20-25(3)42(59)49-18-7-9-33(49)41(58)48-37(26(4)51)35(53)19-24(2)38(55)46-31(21-36(44)54)40(57)45-23-43(60)61/h10-17,24-26,31-33,37,50-51,60-61H,5-9,18-23H2,1-4H3,(H2,44,54)(H,45,57)(H,46,55)(H,47,56)(H,48,58)/t24-,25+,26?,31+,32-,33+,37+/m1/s1. The number of rotatable bonds is 24. The van der Waals surface area contributed by atoms with Gasteiger partial charge in [0.25, 0.3) is 5.91 Å². The van der Waals surface area contributed by atoms with Crippen LogP contribution in [0.4, 0.5) is 0 Å². The van der Waals surface area contributed by atoms with Gasteiger partial charge in [-0.05, 0) is 61.4 Å². The maximum atomic E-state index is 13.6. The molecule has 2 aromatic rings. The van der Waals surface area contributed by atoms with Crippen molar-refractivity contribution in [1.82, 2.24) is 26.2 Å². The van der Waals surface area contributed by atoms with Crippen molar-refractivity contribution < 1.29 is 58.6 Å². The van der Waals surface area contributed by atoms with Gasteiger partial charge in [0.05, 0.1) is 25.6 Å². The number of nitrogens with two attached hydrogens (primary N) is 1. The Balaban J connectivity index is 1.57. The number of aliphatic hydroxyl groups excluding tert-OH is 2. The summed E-state index contributed by atoms with van der Waals surface area (Å²) in [7, 11) is -1.90. The number of primary amides is 1. The quantitative estimate of drug-likeness (QED) is 0.0595. The predicted octanol–water partition coefficient (Wildman–Crippen LogP) is -0.677. The summed E-state index contributed by atoms with van der Waals surface area (Å²) in [4.78, 5) is 105. The Hall–Kier alpha value is -5.50. The van der Waals surface area contributed by atoms with Crippen molar-refractivity contribution in [3.63, 3.8) is 0 Å². The smallest absolute Gasteiger partial charge is 0.426 e. The normalized spacial score (nSPS) is 16.5. The zero-order valence-corrected chi connectivity index (χ0v) is 35.1. The number of ketones is 2. The van der Waals surface area contributed by atoms with Gasteiger partial charge in [-0.3, -0.25) is 38.4 Å². The zero-order valence-electron chi connectivity index (χ0n) is 35.1. The fourth-order valence-corrected chi connectivity index (χ4v) is 6.93. The monoisotopic (exact) mass is 850 g/mol. The van der Waals surface area contributed by atoms with Crippen molar-refractivity contribution in [3.8, 4) is 11.1 Å². The first-order chi connectivity index (χ1) is 28.9. The molecule has 1 saturated heterocycles. The molecule has 61 heavy (non-hydrogen) atoms. The molecule has 3 rings (SSSR count). The zero-order chi connectivity index (χ0) is 45.4. The van der Waals surface area contributed by atoms with Gasteiger partial charge in [-0.1, -0.05) is 63.6 Å². The van der Waals surface area contributed by atoms with Crippen molar-refractivity contribution in [1.29, 1.82) is 0 Å². The number of Topliss-reactive ketones (excluding diaryl/α,β-unsaturated/α-hetero) is 2. The second kappa shape index (κ2) is 24.1. The first-order valence-electron chi connectivity index (χ1n) is 20.5. The van der Waals surface area contributed by atoms with Crippen molar-refractivity contribution >= 4 is 54.1 Å². The molecule has 19 heteroatoms. The number of amides is 6. The largest absolute Gasteiger partial charge is 0.472 e. The minimum absolute atomic E-state index is 0.163. The van der Waals surface area contributed by atoms with Gasteiger partial charge in [-0.2, -0.15) is 0 Å². The fourth-order valence-electron chi connectivity index (χ4n) is 6.93. The highest BCUT2D eigenvalue weighted by Crippen LogP contribution is 2.24. The third-order valence-corrected chi connectivity index (χ3v) is 10.5. The van der Waals surface area contributed by atoms with E-state index < -0.39 is 122 Å². The molecule has 0 aliphatic carbocycles. The number of likely N-dealkylation sites (tertiary alicyclic amines) is 1. The number of unbranched alkanes of at least 4 members (excludes halogenated alkanes) is 1. The maximum Gasteiger partial charge on any atom is 0.472 e. The molecule has 332 valence electrons. The van der Waals surface area contributed by atoms with E-state index in [1.54, 1.807) is 24.3 Å². The van der Waals surface area contributed by atoms with Crippen molar-refractivity contribution in [3.05, 3.63) is 59.7 Å². The van der Waals surface area contributed by atoms with Crippen LogP contribution in [-0.4, -0.2) is 129 Å². The highest BCUT2D eigenvalue weighted by atomic mass is 16.4.